The lowest BCUT2D eigenvalue weighted by molar-refractivity contribution is 0.315. The maximum absolute atomic E-state index is 6.06. The Hall–Kier alpha value is -0.660. The Kier molecular flexibility index (Phi) is 5.00. The normalized spacial score (nSPS) is 10.1. The van der Waals surface area contributed by atoms with Gasteiger partial charge in [-0.05, 0) is 25.0 Å². The second-order valence-electron chi connectivity index (χ2n) is 3.22. The summed E-state index contributed by atoms with van der Waals surface area (Å²) in [4.78, 5) is 0. The Morgan fingerprint density at radius 1 is 1.40 bits per heavy atom. The van der Waals surface area contributed by atoms with Gasteiger partial charge in [0.1, 0.15) is 5.75 Å². The van der Waals surface area contributed by atoms with Crippen LogP contribution in [0.4, 0.5) is 0 Å². The summed E-state index contributed by atoms with van der Waals surface area (Å²) in [6, 6.07) is 3.56. The second-order valence-corrected chi connectivity index (χ2v) is 4.06. The first-order valence-electron chi connectivity index (χ1n) is 4.90. The fourth-order valence-electron chi connectivity index (χ4n) is 1.29. The molecule has 1 aromatic carbocycles. The van der Waals surface area contributed by atoms with Gasteiger partial charge in [-0.25, -0.2) is 0 Å². The number of ether oxygens (including phenoxy) is 1. The minimum atomic E-state index is 0.563. The van der Waals surface area contributed by atoms with E-state index in [1.165, 1.54) is 0 Å². The monoisotopic (exact) mass is 244 g/mol. The molecule has 0 amide bonds. The van der Waals surface area contributed by atoms with Crippen LogP contribution in [0.5, 0.6) is 5.75 Å². The maximum atomic E-state index is 6.06. The van der Waals surface area contributed by atoms with Gasteiger partial charge in [0.25, 0.3) is 0 Å². The van der Waals surface area contributed by atoms with Crippen molar-refractivity contribution in [2.24, 2.45) is 0 Å². The number of allylic oxidation sites excluding steroid dienone is 1. The third kappa shape index (κ3) is 3.44. The summed E-state index contributed by atoms with van der Waals surface area (Å²) in [5, 5.41) is 1.19. The molecule has 0 fully saturated rings. The minimum absolute atomic E-state index is 0.563. The molecule has 1 rings (SSSR count). The summed E-state index contributed by atoms with van der Waals surface area (Å²) in [5.41, 5.74) is 0.982. The lowest BCUT2D eigenvalue weighted by Crippen LogP contribution is -1.99. The molecular formula is C12H14Cl2O. The SMILES string of the molecule is C=CCc1cc(Cl)cc(Cl)c1OCCC. The van der Waals surface area contributed by atoms with E-state index in [-0.39, 0.29) is 0 Å². The van der Waals surface area contributed by atoms with Crippen LogP contribution in [0.2, 0.25) is 10.0 Å². The van der Waals surface area contributed by atoms with Gasteiger partial charge < -0.3 is 4.74 Å². The van der Waals surface area contributed by atoms with Crippen LogP contribution in [0, 0.1) is 0 Å². The molecule has 3 heteroatoms. The summed E-state index contributed by atoms with van der Waals surface area (Å²) >= 11 is 12.0. The highest BCUT2D eigenvalue weighted by Gasteiger charge is 2.09. The van der Waals surface area contributed by atoms with Crippen LogP contribution in [-0.4, -0.2) is 6.61 Å². The number of rotatable bonds is 5. The number of hydrogen-bond donors (Lipinski definition) is 0. The fourth-order valence-corrected chi connectivity index (χ4v) is 1.88. The Labute approximate surface area is 101 Å². The number of benzene rings is 1. The van der Waals surface area contributed by atoms with Crippen LogP contribution in [0.25, 0.3) is 0 Å². The third-order valence-electron chi connectivity index (χ3n) is 1.90. The zero-order chi connectivity index (χ0) is 11.3. The summed E-state index contributed by atoms with van der Waals surface area (Å²) < 4.78 is 5.59. The Morgan fingerprint density at radius 3 is 2.73 bits per heavy atom. The highest BCUT2D eigenvalue weighted by atomic mass is 35.5. The van der Waals surface area contributed by atoms with E-state index >= 15 is 0 Å². The molecule has 0 spiro atoms. The van der Waals surface area contributed by atoms with Gasteiger partial charge in [0.2, 0.25) is 0 Å². The second kappa shape index (κ2) is 6.04. The van der Waals surface area contributed by atoms with Crippen molar-refractivity contribution in [3.05, 3.63) is 40.4 Å². The summed E-state index contributed by atoms with van der Waals surface area (Å²) in [7, 11) is 0. The molecule has 1 aromatic rings. The number of halogens is 2. The van der Waals surface area contributed by atoms with Gasteiger partial charge in [-0.2, -0.15) is 0 Å². The highest BCUT2D eigenvalue weighted by molar-refractivity contribution is 6.35. The molecule has 0 bridgehead atoms. The number of hydrogen-bond acceptors (Lipinski definition) is 1. The van der Waals surface area contributed by atoms with E-state index in [9.17, 15) is 0 Å². The predicted octanol–water partition coefficient (Wildman–Crippen LogP) is 4.51. The average molecular weight is 245 g/mol. The van der Waals surface area contributed by atoms with Gasteiger partial charge in [0.05, 0.1) is 11.6 Å². The zero-order valence-electron chi connectivity index (χ0n) is 8.72. The lowest BCUT2D eigenvalue weighted by atomic mass is 10.1. The van der Waals surface area contributed by atoms with E-state index in [0.29, 0.717) is 23.1 Å². The quantitative estimate of drug-likeness (QED) is 0.693. The van der Waals surface area contributed by atoms with E-state index in [1.807, 2.05) is 6.07 Å². The fraction of sp³-hybridized carbons (Fsp3) is 0.333. The highest BCUT2D eigenvalue weighted by Crippen LogP contribution is 2.33. The van der Waals surface area contributed by atoms with Gasteiger partial charge >= 0.3 is 0 Å². The van der Waals surface area contributed by atoms with Gasteiger partial charge in [-0.3, -0.25) is 0 Å². The summed E-state index contributed by atoms with van der Waals surface area (Å²) in [6.07, 6.45) is 3.46. The van der Waals surface area contributed by atoms with E-state index < -0.39 is 0 Å². The maximum Gasteiger partial charge on any atom is 0.141 e. The summed E-state index contributed by atoms with van der Waals surface area (Å²) in [6.45, 7) is 6.41. The van der Waals surface area contributed by atoms with Crippen molar-refractivity contribution in [2.75, 3.05) is 6.61 Å². The average Bonchev–Trinajstić information content (AvgIpc) is 2.17. The molecule has 0 aromatic heterocycles. The van der Waals surface area contributed by atoms with E-state index in [2.05, 4.69) is 13.5 Å². The molecule has 0 unspecified atom stereocenters. The molecule has 0 atom stereocenters. The van der Waals surface area contributed by atoms with Crippen LogP contribution in [0.15, 0.2) is 24.8 Å². The van der Waals surface area contributed by atoms with E-state index in [0.717, 1.165) is 17.7 Å². The van der Waals surface area contributed by atoms with Crippen LogP contribution in [-0.2, 0) is 6.42 Å². The molecule has 0 radical (unpaired) electrons. The van der Waals surface area contributed by atoms with E-state index in [1.54, 1.807) is 12.1 Å². The van der Waals surface area contributed by atoms with Crippen molar-refractivity contribution in [3.8, 4) is 5.75 Å². The lowest BCUT2D eigenvalue weighted by Gasteiger charge is -2.12. The van der Waals surface area contributed by atoms with Crippen LogP contribution in [0.1, 0.15) is 18.9 Å². The molecule has 0 N–H and O–H groups in total. The predicted molar refractivity (Wildman–Crippen MR) is 66.1 cm³/mol. The molecule has 15 heavy (non-hydrogen) atoms. The minimum Gasteiger partial charge on any atom is -0.492 e. The first kappa shape index (κ1) is 12.4. The van der Waals surface area contributed by atoms with Crippen molar-refractivity contribution < 1.29 is 4.74 Å². The Bertz CT molecular complexity index is 348. The third-order valence-corrected chi connectivity index (χ3v) is 2.40. The smallest absolute Gasteiger partial charge is 0.141 e. The molecule has 0 aliphatic rings. The molecule has 1 nitrogen and oxygen atoms in total. The van der Waals surface area contributed by atoms with E-state index in [4.69, 9.17) is 27.9 Å². The zero-order valence-corrected chi connectivity index (χ0v) is 10.2. The summed E-state index contributed by atoms with van der Waals surface area (Å²) in [5.74, 6) is 0.725. The van der Waals surface area contributed by atoms with Gasteiger partial charge in [0, 0.05) is 10.6 Å². The van der Waals surface area contributed by atoms with Gasteiger partial charge in [0.15, 0.2) is 0 Å². The first-order valence-corrected chi connectivity index (χ1v) is 5.66. The Morgan fingerprint density at radius 2 is 2.13 bits per heavy atom. The first-order chi connectivity index (χ1) is 7.19. The molecule has 82 valence electrons. The van der Waals surface area contributed by atoms with Crippen molar-refractivity contribution in [2.45, 2.75) is 19.8 Å². The standard InChI is InChI=1S/C12H14Cl2O/c1-3-5-9-7-10(13)8-11(14)12(9)15-6-4-2/h3,7-8H,1,4-6H2,2H3. The van der Waals surface area contributed by atoms with Crippen molar-refractivity contribution >= 4 is 23.2 Å². The van der Waals surface area contributed by atoms with Crippen molar-refractivity contribution in [3.63, 3.8) is 0 Å². The topological polar surface area (TPSA) is 9.23 Å². The van der Waals surface area contributed by atoms with Crippen molar-refractivity contribution in [1.82, 2.24) is 0 Å². The molecule has 0 saturated heterocycles. The molecule has 0 heterocycles. The molecule has 0 aliphatic carbocycles. The molecule has 0 aliphatic heterocycles. The van der Waals surface area contributed by atoms with Crippen LogP contribution in [0.3, 0.4) is 0 Å². The van der Waals surface area contributed by atoms with Crippen LogP contribution < -0.4 is 4.74 Å². The van der Waals surface area contributed by atoms with Gasteiger partial charge in [-0.15, -0.1) is 6.58 Å². The Balaban J connectivity index is 3.02. The van der Waals surface area contributed by atoms with Crippen LogP contribution >= 0.6 is 23.2 Å². The van der Waals surface area contributed by atoms with Gasteiger partial charge in [-0.1, -0.05) is 36.2 Å². The van der Waals surface area contributed by atoms with Crippen molar-refractivity contribution in [1.29, 1.82) is 0 Å². The molecule has 0 saturated carbocycles. The molecular weight excluding hydrogens is 231 g/mol. The largest absolute Gasteiger partial charge is 0.492 e.